The minimum absolute atomic E-state index is 0.417. The second-order valence-electron chi connectivity index (χ2n) is 3.17. The summed E-state index contributed by atoms with van der Waals surface area (Å²) in [4.78, 5) is 0. The lowest BCUT2D eigenvalue weighted by Gasteiger charge is -2.02. The van der Waals surface area contributed by atoms with Crippen molar-refractivity contribution in [2.45, 2.75) is 6.92 Å². The van der Waals surface area contributed by atoms with Crippen molar-refractivity contribution in [1.82, 2.24) is 5.16 Å². The molecule has 0 atom stereocenters. The van der Waals surface area contributed by atoms with Gasteiger partial charge in [0.2, 0.25) is 0 Å². The normalized spacial score (nSPS) is 10.6. The van der Waals surface area contributed by atoms with Gasteiger partial charge >= 0.3 is 0 Å². The van der Waals surface area contributed by atoms with Gasteiger partial charge < -0.3 is 10.3 Å². The van der Waals surface area contributed by atoms with Crippen LogP contribution in [0.15, 0.2) is 22.7 Å². The van der Waals surface area contributed by atoms with Gasteiger partial charge in [-0.2, -0.15) is 0 Å². The van der Waals surface area contributed by atoms with E-state index < -0.39 is 0 Å². The van der Waals surface area contributed by atoms with Crippen molar-refractivity contribution in [3.05, 3.63) is 32.4 Å². The van der Waals surface area contributed by atoms with E-state index in [-0.39, 0.29) is 0 Å². The van der Waals surface area contributed by atoms with E-state index in [1.807, 2.05) is 25.1 Å². The number of hydrogen-bond donors (Lipinski definition) is 1. The van der Waals surface area contributed by atoms with E-state index >= 15 is 0 Å². The van der Waals surface area contributed by atoms with Crippen LogP contribution in [-0.4, -0.2) is 5.16 Å². The molecule has 0 spiro atoms. The third-order valence-electron chi connectivity index (χ3n) is 2.09. The number of benzene rings is 1. The Morgan fingerprint density at radius 1 is 1.47 bits per heavy atom. The van der Waals surface area contributed by atoms with Gasteiger partial charge in [0.25, 0.3) is 0 Å². The van der Waals surface area contributed by atoms with E-state index in [0.717, 1.165) is 14.7 Å². The fourth-order valence-corrected chi connectivity index (χ4v) is 2.05. The Balaban J connectivity index is 2.59. The molecule has 0 bridgehead atoms. The monoisotopic (exact) mass is 334 g/mol. The van der Waals surface area contributed by atoms with Gasteiger partial charge in [-0.1, -0.05) is 16.8 Å². The number of nitrogen functional groups attached to an aromatic ring is 1. The van der Waals surface area contributed by atoms with Gasteiger partial charge in [-0.3, -0.25) is 0 Å². The summed E-state index contributed by atoms with van der Waals surface area (Å²) in [6.07, 6.45) is 0. The van der Waals surface area contributed by atoms with Crippen molar-refractivity contribution in [2.24, 2.45) is 0 Å². The summed E-state index contributed by atoms with van der Waals surface area (Å²) in [5.41, 5.74) is 7.62. The van der Waals surface area contributed by atoms with Crippen molar-refractivity contribution >= 4 is 40.0 Å². The van der Waals surface area contributed by atoms with Crippen LogP contribution in [0.1, 0.15) is 5.56 Å². The topological polar surface area (TPSA) is 52.0 Å². The first-order valence-electron chi connectivity index (χ1n) is 4.26. The number of anilines is 1. The fourth-order valence-electron chi connectivity index (χ4n) is 1.34. The molecule has 1 aromatic heterocycles. The van der Waals surface area contributed by atoms with Gasteiger partial charge in [0, 0.05) is 10.6 Å². The standard InChI is InChI=1S/C10H8ClIN2O/c1-5-4-6(11)2-3-7(5)9-8(12)10(13)14-15-9/h2-4H,1H3,(H2,13,14). The van der Waals surface area contributed by atoms with Crippen LogP contribution >= 0.6 is 34.2 Å². The highest BCUT2D eigenvalue weighted by Gasteiger charge is 2.14. The lowest BCUT2D eigenvalue weighted by molar-refractivity contribution is 0.435. The summed E-state index contributed by atoms with van der Waals surface area (Å²) < 4.78 is 6.01. The molecule has 1 aromatic carbocycles. The lowest BCUT2D eigenvalue weighted by Crippen LogP contribution is -1.87. The first-order valence-corrected chi connectivity index (χ1v) is 5.72. The third kappa shape index (κ3) is 1.96. The van der Waals surface area contributed by atoms with Crippen molar-refractivity contribution in [3.63, 3.8) is 0 Å². The summed E-state index contributed by atoms with van der Waals surface area (Å²) in [5.74, 6) is 1.11. The average Bonchev–Trinajstić information content (AvgIpc) is 2.49. The minimum Gasteiger partial charge on any atom is -0.380 e. The van der Waals surface area contributed by atoms with E-state index in [1.165, 1.54) is 0 Å². The van der Waals surface area contributed by atoms with Crippen LogP contribution in [0.3, 0.4) is 0 Å². The zero-order valence-corrected chi connectivity index (χ0v) is 10.8. The molecular formula is C10H8ClIN2O. The number of hydrogen-bond acceptors (Lipinski definition) is 3. The minimum atomic E-state index is 0.417. The van der Waals surface area contributed by atoms with Crippen LogP contribution in [0.2, 0.25) is 5.02 Å². The van der Waals surface area contributed by atoms with Crippen LogP contribution in [0.4, 0.5) is 5.82 Å². The summed E-state index contributed by atoms with van der Waals surface area (Å²) in [7, 11) is 0. The predicted molar refractivity (Wildman–Crippen MR) is 68.8 cm³/mol. The van der Waals surface area contributed by atoms with Crippen molar-refractivity contribution in [1.29, 1.82) is 0 Å². The first-order chi connectivity index (χ1) is 7.09. The van der Waals surface area contributed by atoms with Gasteiger partial charge in [-0.25, -0.2) is 0 Å². The number of aryl methyl sites for hydroxylation is 1. The zero-order chi connectivity index (χ0) is 11.0. The van der Waals surface area contributed by atoms with E-state index in [1.54, 1.807) is 0 Å². The summed E-state index contributed by atoms with van der Waals surface area (Å²) in [6.45, 7) is 1.97. The summed E-state index contributed by atoms with van der Waals surface area (Å²) >= 11 is 7.99. The molecule has 5 heteroatoms. The summed E-state index contributed by atoms with van der Waals surface area (Å²) in [5, 5.41) is 4.43. The third-order valence-corrected chi connectivity index (χ3v) is 3.37. The number of rotatable bonds is 1. The molecule has 0 aliphatic rings. The van der Waals surface area contributed by atoms with Crippen molar-refractivity contribution in [3.8, 4) is 11.3 Å². The molecule has 0 radical (unpaired) electrons. The lowest BCUT2D eigenvalue weighted by atomic mass is 10.1. The maximum absolute atomic E-state index is 5.88. The molecule has 0 unspecified atom stereocenters. The van der Waals surface area contributed by atoms with Crippen molar-refractivity contribution in [2.75, 3.05) is 5.73 Å². The molecule has 78 valence electrons. The maximum Gasteiger partial charge on any atom is 0.182 e. The second-order valence-corrected chi connectivity index (χ2v) is 4.69. The molecule has 2 aromatic rings. The maximum atomic E-state index is 5.88. The molecule has 0 aliphatic heterocycles. The Bertz CT molecular complexity index is 510. The Kier molecular flexibility index (Phi) is 2.88. The molecule has 3 nitrogen and oxygen atoms in total. The number of nitrogens with zero attached hydrogens (tertiary/aromatic N) is 1. The van der Waals surface area contributed by atoms with Crippen LogP contribution < -0.4 is 5.73 Å². The number of aromatic nitrogens is 1. The quantitative estimate of drug-likeness (QED) is 0.812. The van der Waals surface area contributed by atoms with E-state index in [2.05, 4.69) is 27.7 Å². The molecule has 0 saturated heterocycles. The van der Waals surface area contributed by atoms with E-state index in [9.17, 15) is 0 Å². The Morgan fingerprint density at radius 2 is 2.20 bits per heavy atom. The Morgan fingerprint density at radius 3 is 2.73 bits per heavy atom. The highest BCUT2D eigenvalue weighted by atomic mass is 127. The van der Waals surface area contributed by atoms with Gasteiger partial charge in [0.05, 0.1) is 0 Å². The molecule has 2 rings (SSSR count). The average molecular weight is 335 g/mol. The second kappa shape index (κ2) is 4.02. The largest absolute Gasteiger partial charge is 0.380 e. The van der Waals surface area contributed by atoms with Gasteiger partial charge in [0.1, 0.15) is 3.57 Å². The van der Waals surface area contributed by atoms with E-state index in [4.69, 9.17) is 21.9 Å². The number of nitrogens with two attached hydrogens (primary N) is 1. The van der Waals surface area contributed by atoms with E-state index in [0.29, 0.717) is 16.6 Å². The highest BCUT2D eigenvalue weighted by Crippen LogP contribution is 2.32. The number of halogens is 2. The van der Waals surface area contributed by atoms with Gasteiger partial charge in [-0.15, -0.1) is 0 Å². The van der Waals surface area contributed by atoms with Crippen molar-refractivity contribution < 1.29 is 4.52 Å². The molecule has 0 saturated carbocycles. The smallest absolute Gasteiger partial charge is 0.182 e. The molecule has 1 heterocycles. The van der Waals surface area contributed by atoms with Crippen LogP contribution in [0.25, 0.3) is 11.3 Å². The van der Waals surface area contributed by atoms with Crippen LogP contribution in [0.5, 0.6) is 0 Å². The van der Waals surface area contributed by atoms with Crippen LogP contribution in [-0.2, 0) is 0 Å². The fraction of sp³-hybridized carbons (Fsp3) is 0.100. The highest BCUT2D eigenvalue weighted by molar-refractivity contribution is 14.1. The SMILES string of the molecule is Cc1cc(Cl)ccc1-c1onc(N)c1I. The van der Waals surface area contributed by atoms with Gasteiger partial charge in [0.15, 0.2) is 11.6 Å². The molecule has 2 N–H and O–H groups in total. The zero-order valence-electron chi connectivity index (χ0n) is 7.92. The summed E-state index contributed by atoms with van der Waals surface area (Å²) in [6, 6.07) is 5.60. The molecular weight excluding hydrogens is 326 g/mol. The Labute approximate surface area is 106 Å². The van der Waals surface area contributed by atoms with Crippen LogP contribution in [0, 0.1) is 10.5 Å². The molecule has 0 fully saturated rings. The molecule has 0 aliphatic carbocycles. The van der Waals surface area contributed by atoms with Gasteiger partial charge in [-0.05, 0) is 53.3 Å². The Hall–Kier alpha value is -0.750. The molecule has 0 amide bonds. The predicted octanol–water partition coefficient (Wildman–Crippen LogP) is 3.49. The molecule has 15 heavy (non-hydrogen) atoms. The first kappa shape index (κ1) is 10.8.